The predicted molar refractivity (Wildman–Crippen MR) is 64.2 cm³/mol. The lowest BCUT2D eigenvalue weighted by Gasteiger charge is -2.07. The Balaban J connectivity index is 2.20. The first-order valence-corrected chi connectivity index (χ1v) is 6.65. The molecule has 1 aromatic carbocycles. The number of nitrogens with one attached hydrogen (secondary N) is 1. The molecule has 0 unspecified atom stereocenters. The molecule has 0 radical (unpaired) electrons. The molecule has 0 aliphatic carbocycles. The number of sulfonamides is 1. The summed E-state index contributed by atoms with van der Waals surface area (Å²) < 4.78 is 30.7. The highest BCUT2D eigenvalue weighted by atomic mass is 35.5. The van der Waals surface area contributed by atoms with Gasteiger partial charge in [-0.05, 0) is 18.2 Å². The molecular formula is C9H9ClN4O3S. The molecule has 0 amide bonds. The van der Waals surface area contributed by atoms with Gasteiger partial charge in [-0.2, -0.15) is 4.98 Å². The smallest absolute Gasteiger partial charge is 0.242 e. The van der Waals surface area contributed by atoms with Gasteiger partial charge in [-0.1, -0.05) is 16.8 Å². The quantitative estimate of drug-likeness (QED) is 0.804. The molecular weight excluding hydrogens is 280 g/mol. The largest absolute Gasteiger partial charge is 0.399 e. The summed E-state index contributed by atoms with van der Waals surface area (Å²) in [7, 11) is -3.74. The number of nitrogens with two attached hydrogens (primary N) is 1. The van der Waals surface area contributed by atoms with E-state index < -0.39 is 10.0 Å². The van der Waals surface area contributed by atoms with Gasteiger partial charge in [0.2, 0.25) is 16.4 Å². The number of anilines is 1. The molecule has 3 N–H and O–H groups in total. The zero-order chi connectivity index (χ0) is 13.2. The summed E-state index contributed by atoms with van der Waals surface area (Å²) in [5.41, 5.74) is 5.88. The fourth-order valence-corrected chi connectivity index (χ4v) is 2.77. The molecule has 18 heavy (non-hydrogen) atoms. The monoisotopic (exact) mass is 288 g/mol. The second kappa shape index (κ2) is 4.92. The Morgan fingerprint density at radius 3 is 2.83 bits per heavy atom. The van der Waals surface area contributed by atoms with Crippen molar-refractivity contribution >= 4 is 27.3 Å². The van der Waals surface area contributed by atoms with Crippen molar-refractivity contribution in [2.45, 2.75) is 11.4 Å². The number of hydrogen-bond donors (Lipinski definition) is 2. The maximum absolute atomic E-state index is 11.9. The number of nitrogens with zero attached hydrogens (tertiary/aromatic N) is 2. The minimum Gasteiger partial charge on any atom is -0.399 e. The first-order chi connectivity index (χ1) is 8.49. The van der Waals surface area contributed by atoms with E-state index >= 15 is 0 Å². The molecule has 0 atom stereocenters. The molecule has 0 saturated heterocycles. The fraction of sp³-hybridized carbons (Fsp3) is 0.111. The molecule has 7 nitrogen and oxygen atoms in total. The van der Waals surface area contributed by atoms with Crippen LogP contribution in [0.15, 0.2) is 34.0 Å². The van der Waals surface area contributed by atoms with Gasteiger partial charge in [0.25, 0.3) is 0 Å². The molecule has 0 spiro atoms. The normalized spacial score (nSPS) is 11.6. The van der Waals surface area contributed by atoms with Crippen LogP contribution in [0.2, 0.25) is 5.02 Å². The van der Waals surface area contributed by atoms with Gasteiger partial charge in [0, 0.05) is 5.69 Å². The van der Waals surface area contributed by atoms with Crippen LogP contribution in [-0.2, 0) is 16.6 Å². The van der Waals surface area contributed by atoms with Crippen LogP contribution >= 0.6 is 11.6 Å². The molecule has 1 heterocycles. The Hall–Kier alpha value is -1.64. The Bertz CT molecular complexity index is 642. The highest BCUT2D eigenvalue weighted by Crippen LogP contribution is 2.23. The first kappa shape index (κ1) is 12.8. The van der Waals surface area contributed by atoms with E-state index in [9.17, 15) is 8.42 Å². The fourth-order valence-electron chi connectivity index (χ4n) is 1.24. The maximum atomic E-state index is 11.9. The van der Waals surface area contributed by atoms with Gasteiger partial charge in [-0.25, -0.2) is 13.1 Å². The van der Waals surface area contributed by atoms with E-state index in [0.717, 1.165) is 6.39 Å². The third-order valence-corrected chi connectivity index (χ3v) is 3.96. The van der Waals surface area contributed by atoms with Crippen molar-refractivity contribution in [3.05, 3.63) is 35.4 Å². The topological polar surface area (TPSA) is 111 Å². The Morgan fingerprint density at radius 2 is 2.22 bits per heavy atom. The first-order valence-electron chi connectivity index (χ1n) is 4.79. The van der Waals surface area contributed by atoms with Crippen molar-refractivity contribution in [3.8, 4) is 0 Å². The van der Waals surface area contributed by atoms with Crippen molar-refractivity contribution in [1.29, 1.82) is 0 Å². The molecule has 9 heteroatoms. The van der Waals surface area contributed by atoms with E-state index in [1.807, 2.05) is 0 Å². The van der Waals surface area contributed by atoms with Crippen molar-refractivity contribution in [3.63, 3.8) is 0 Å². The summed E-state index contributed by atoms with van der Waals surface area (Å²) in [4.78, 5) is 3.64. The molecule has 0 aliphatic rings. The average Bonchev–Trinajstić information content (AvgIpc) is 2.78. The zero-order valence-corrected chi connectivity index (χ0v) is 10.6. The van der Waals surface area contributed by atoms with Gasteiger partial charge in [-0.3, -0.25) is 0 Å². The van der Waals surface area contributed by atoms with E-state index in [1.165, 1.54) is 18.2 Å². The number of benzene rings is 1. The van der Waals surface area contributed by atoms with Crippen molar-refractivity contribution in [1.82, 2.24) is 14.9 Å². The van der Waals surface area contributed by atoms with Crippen LogP contribution in [0.25, 0.3) is 0 Å². The third-order valence-electron chi connectivity index (χ3n) is 2.07. The molecule has 0 fully saturated rings. The van der Waals surface area contributed by atoms with E-state index in [0.29, 0.717) is 5.69 Å². The lowest BCUT2D eigenvalue weighted by atomic mass is 10.3. The molecule has 96 valence electrons. The van der Waals surface area contributed by atoms with Crippen LogP contribution in [0.5, 0.6) is 0 Å². The maximum Gasteiger partial charge on any atom is 0.242 e. The highest BCUT2D eigenvalue weighted by molar-refractivity contribution is 7.89. The predicted octanol–water partition coefficient (Wildman–Crippen LogP) is 0.784. The van der Waals surface area contributed by atoms with E-state index in [1.54, 1.807) is 0 Å². The summed E-state index contributed by atoms with van der Waals surface area (Å²) in [5.74, 6) is 0.227. The number of aromatic nitrogens is 2. The number of halogens is 1. The lowest BCUT2D eigenvalue weighted by molar-refractivity contribution is 0.409. The molecule has 2 rings (SSSR count). The van der Waals surface area contributed by atoms with Crippen LogP contribution < -0.4 is 10.5 Å². The summed E-state index contributed by atoms with van der Waals surface area (Å²) in [6, 6.07) is 4.15. The van der Waals surface area contributed by atoms with Gasteiger partial charge >= 0.3 is 0 Å². The SMILES string of the molecule is Nc1ccc(S(=O)(=O)NCc2ncon2)c(Cl)c1. The standard InChI is InChI=1S/C9H9ClN4O3S/c10-7-3-6(11)1-2-8(7)18(15,16)13-4-9-12-5-17-14-9/h1-3,5,13H,4,11H2. The van der Waals surface area contributed by atoms with Crippen molar-refractivity contribution < 1.29 is 12.9 Å². The van der Waals surface area contributed by atoms with Crippen molar-refractivity contribution in [2.75, 3.05) is 5.73 Å². The van der Waals surface area contributed by atoms with Crippen LogP contribution in [-0.4, -0.2) is 18.6 Å². The molecule has 0 aliphatic heterocycles. The molecule has 1 aromatic heterocycles. The summed E-state index contributed by atoms with van der Waals surface area (Å²) in [6.45, 7) is -0.0838. The highest BCUT2D eigenvalue weighted by Gasteiger charge is 2.18. The van der Waals surface area contributed by atoms with Gasteiger partial charge < -0.3 is 10.3 Å². The van der Waals surface area contributed by atoms with E-state index in [2.05, 4.69) is 19.4 Å². The minimum absolute atomic E-state index is 0.0515. The number of rotatable bonds is 4. The average molecular weight is 289 g/mol. The summed E-state index contributed by atoms with van der Waals surface area (Å²) in [5, 5.41) is 3.53. The zero-order valence-electron chi connectivity index (χ0n) is 9.00. The summed E-state index contributed by atoms with van der Waals surface area (Å²) in [6.07, 6.45) is 1.11. The second-order valence-corrected chi connectivity index (χ2v) is 5.50. The van der Waals surface area contributed by atoms with Crippen LogP contribution in [0.1, 0.15) is 5.82 Å². The third kappa shape index (κ3) is 2.78. The second-order valence-electron chi connectivity index (χ2n) is 3.36. The minimum atomic E-state index is -3.74. The summed E-state index contributed by atoms with van der Waals surface area (Å²) >= 11 is 5.83. The van der Waals surface area contributed by atoms with Gasteiger partial charge in [0.15, 0.2) is 5.82 Å². The van der Waals surface area contributed by atoms with Crippen LogP contribution in [0.3, 0.4) is 0 Å². The van der Waals surface area contributed by atoms with Gasteiger partial charge in [-0.15, -0.1) is 0 Å². The van der Waals surface area contributed by atoms with Gasteiger partial charge in [0.1, 0.15) is 4.90 Å². The van der Waals surface area contributed by atoms with E-state index in [-0.39, 0.29) is 22.3 Å². The Morgan fingerprint density at radius 1 is 1.44 bits per heavy atom. The lowest BCUT2D eigenvalue weighted by Crippen LogP contribution is -2.24. The Kier molecular flexibility index (Phi) is 3.50. The number of nitrogen functional groups attached to an aromatic ring is 1. The van der Waals surface area contributed by atoms with Gasteiger partial charge in [0.05, 0.1) is 11.6 Å². The number of hydrogen-bond acceptors (Lipinski definition) is 6. The van der Waals surface area contributed by atoms with Crippen molar-refractivity contribution in [2.24, 2.45) is 0 Å². The van der Waals surface area contributed by atoms with Crippen LogP contribution in [0, 0.1) is 0 Å². The van der Waals surface area contributed by atoms with Crippen LogP contribution in [0.4, 0.5) is 5.69 Å². The Labute approximate surface area is 108 Å². The van der Waals surface area contributed by atoms with E-state index in [4.69, 9.17) is 17.3 Å². The molecule has 0 bridgehead atoms. The molecule has 2 aromatic rings. The molecule has 0 saturated carbocycles.